The third-order valence-corrected chi connectivity index (χ3v) is 5.03. The average Bonchev–Trinajstić information content (AvgIpc) is 3.22. The molecule has 0 saturated carbocycles. The van der Waals surface area contributed by atoms with Crippen molar-refractivity contribution >= 4 is 17.3 Å². The number of thiazole rings is 1. The molecule has 0 aliphatic rings. The molecular formula is C21H25N4S. The van der Waals surface area contributed by atoms with E-state index in [-0.39, 0.29) is 0 Å². The molecule has 2 aromatic heterocycles. The van der Waals surface area contributed by atoms with Crippen LogP contribution in [-0.2, 0) is 19.3 Å². The highest BCUT2D eigenvalue weighted by molar-refractivity contribution is 7.07. The number of unbranched alkanes of at least 4 members (excludes halogenated alkanes) is 1. The molecule has 0 bridgehead atoms. The summed E-state index contributed by atoms with van der Waals surface area (Å²) in [6.45, 7) is 3.97. The number of hydrogen-bond donors (Lipinski definition) is 0. The zero-order chi connectivity index (χ0) is 18.0. The van der Waals surface area contributed by atoms with Crippen LogP contribution >= 0.6 is 11.3 Å². The normalized spacial score (nSPS) is 10.8. The molecule has 4 nitrogen and oxygen atoms in total. The fourth-order valence-corrected chi connectivity index (χ4v) is 3.38. The Hall–Kier alpha value is -2.27. The number of nitrogens with zero attached hydrogens (tertiary/aromatic N) is 4. The number of aromatic nitrogens is 3. The van der Waals surface area contributed by atoms with Gasteiger partial charge in [-0.25, -0.2) is 15.0 Å². The van der Waals surface area contributed by atoms with E-state index < -0.39 is 0 Å². The third-order valence-electron chi connectivity index (χ3n) is 4.44. The molecule has 2 heterocycles. The maximum atomic E-state index is 4.58. The van der Waals surface area contributed by atoms with Gasteiger partial charge in [0.15, 0.2) is 5.51 Å². The summed E-state index contributed by atoms with van der Waals surface area (Å²) in [5.74, 6) is 0.820. The van der Waals surface area contributed by atoms with E-state index in [2.05, 4.69) is 68.0 Å². The van der Waals surface area contributed by atoms with Crippen LogP contribution in [-0.4, -0.2) is 28.0 Å². The summed E-state index contributed by atoms with van der Waals surface area (Å²) < 4.78 is 0. The largest absolute Gasteiger partial charge is 0.340 e. The van der Waals surface area contributed by atoms with Crippen LogP contribution in [0.5, 0.6) is 0 Å². The molecule has 0 aliphatic heterocycles. The van der Waals surface area contributed by atoms with Crippen molar-refractivity contribution in [3.8, 4) is 0 Å². The average molecular weight is 366 g/mol. The standard InChI is InChI=1S/C21H25N4S/c1-2-18-14-22-21(23-15-18)25(13-11-20-16-26-17-24-20)12-7-6-10-19-8-4-3-5-9-19/h3-5,8-9,14-16H,2,6-7,10-13H2,1H3. The molecule has 26 heavy (non-hydrogen) atoms. The molecule has 0 amide bonds. The van der Waals surface area contributed by atoms with Crippen LogP contribution < -0.4 is 4.90 Å². The second kappa shape index (κ2) is 10.0. The van der Waals surface area contributed by atoms with Crippen LogP contribution in [0.4, 0.5) is 5.95 Å². The van der Waals surface area contributed by atoms with Crippen LogP contribution in [0.1, 0.15) is 36.6 Å². The molecule has 0 saturated heterocycles. The van der Waals surface area contributed by atoms with E-state index in [4.69, 9.17) is 0 Å². The van der Waals surface area contributed by atoms with Crippen molar-refractivity contribution in [1.82, 2.24) is 15.0 Å². The van der Waals surface area contributed by atoms with Gasteiger partial charge in [0, 0.05) is 37.3 Å². The Bertz CT molecular complexity index is 741. The molecule has 135 valence electrons. The second-order valence-electron chi connectivity index (χ2n) is 6.35. The summed E-state index contributed by atoms with van der Waals surface area (Å²) in [5, 5.41) is 2.06. The lowest BCUT2D eigenvalue weighted by molar-refractivity contribution is 0.666. The smallest absolute Gasteiger partial charge is 0.225 e. The van der Waals surface area contributed by atoms with Gasteiger partial charge >= 0.3 is 0 Å². The number of benzene rings is 1. The van der Waals surface area contributed by atoms with Crippen molar-refractivity contribution in [3.05, 3.63) is 70.4 Å². The monoisotopic (exact) mass is 365 g/mol. The highest BCUT2D eigenvalue weighted by atomic mass is 32.1. The molecule has 1 radical (unpaired) electrons. The van der Waals surface area contributed by atoms with Gasteiger partial charge in [0.1, 0.15) is 0 Å². The summed E-state index contributed by atoms with van der Waals surface area (Å²) in [5.41, 5.74) is 6.59. The lowest BCUT2D eigenvalue weighted by atomic mass is 10.1. The van der Waals surface area contributed by atoms with Gasteiger partial charge in [0.25, 0.3) is 0 Å². The maximum Gasteiger partial charge on any atom is 0.225 e. The van der Waals surface area contributed by atoms with Crippen LogP contribution in [0, 0.1) is 5.51 Å². The van der Waals surface area contributed by atoms with Gasteiger partial charge in [-0.3, -0.25) is 0 Å². The van der Waals surface area contributed by atoms with E-state index in [9.17, 15) is 0 Å². The molecule has 0 atom stereocenters. The van der Waals surface area contributed by atoms with E-state index in [1.807, 2.05) is 12.4 Å². The van der Waals surface area contributed by atoms with E-state index >= 15 is 0 Å². The fraction of sp³-hybridized carbons (Fsp3) is 0.381. The van der Waals surface area contributed by atoms with Crippen molar-refractivity contribution in [2.75, 3.05) is 18.0 Å². The van der Waals surface area contributed by atoms with E-state index in [1.165, 1.54) is 22.5 Å². The van der Waals surface area contributed by atoms with Gasteiger partial charge in [-0.15, -0.1) is 11.3 Å². The number of aryl methyl sites for hydroxylation is 2. The molecule has 0 spiro atoms. The lowest BCUT2D eigenvalue weighted by Crippen LogP contribution is -2.29. The van der Waals surface area contributed by atoms with E-state index in [0.29, 0.717) is 0 Å². The first kappa shape index (κ1) is 18.5. The highest BCUT2D eigenvalue weighted by Gasteiger charge is 2.10. The minimum Gasteiger partial charge on any atom is -0.340 e. The first-order valence-corrected chi connectivity index (χ1v) is 10.1. The van der Waals surface area contributed by atoms with Crippen molar-refractivity contribution in [1.29, 1.82) is 0 Å². The predicted molar refractivity (Wildman–Crippen MR) is 108 cm³/mol. The van der Waals surface area contributed by atoms with Gasteiger partial charge in [-0.1, -0.05) is 37.3 Å². The number of hydrogen-bond acceptors (Lipinski definition) is 5. The predicted octanol–water partition coefficient (Wildman–Crippen LogP) is 4.37. The summed E-state index contributed by atoms with van der Waals surface area (Å²) in [6, 6.07) is 10.7. The Morgan fingerprint density at radius 2 is 1.77 bits per heavy atom. The van der Waals surface area contributed by atoms with E-state index in [0.717, 1.165) is 56.8 Å². The van der Waals surface area contributed by atoms with Gasteiger partial charge < -0.3 is 4.90 Å². The third kappa shape index (κ3) is 5.63. The topological polar surface area (TPSA) is 41.9 Å². The fourth-order valence-electron chi connectivity index (χ4n) is 2.85. The van der Waals surface area contributed by atoms with Gasteiger partial charge in [0.2, 0.25) is 5.95 Å². The zero-order valence-corrected chi connectivity index (χ0v) is 16.1. The molecule has 0 N–H and O–H groups in total. The SMILES string of the molecule is CCc1cnc(N(CCCCc2ccccc2)CCc2cs[c]n2)nc1. The second-order valence-corrected chi connectivity index (χ2v) is 7.01. The molecule has 0 unspecified atom stereocenters. The maximum absolute atomic E-state index is 4.58. The molecule has 0 aliphatic carbocycles. The Balaban J connectivity index is 1.56. The first-order chi connectivity index (χ1) is 12.8. The van der Waals surface area contributed by atoms with Gasteiger partial charge in [-0.2, -0.15) is 0 Å². The van der Waals surface area contributed by atoms with Gasteiger partial charge in [-0.05, 0) is 36.8 Å². The lowest BCUT2D eigenvalue weighted by Gasteiger charge is -2.22. The minimum absolute atomic E-state index is 0.820. The zero-order valence-electron chi connectivity index (χ0n) is 15.3. The van der Waals surface area contributed by atoms with E-state index in [1.54, 1.807) is 0 Å². The Labute approximate surface area is 160 Å². The molecule has 0 fully saturated rings. The van der Waals surface area contributed by atoms with Crippen molar-refractivity contribution in [2.24, 2.45) is 0 Å². The van der Waals surface area contributed by atoms with Crippen LogP contribution in [0.2, 0.25) is 0 Å². The van der Waals surface area contributed by atoms with Crippen LogP contribution in [0.3, 0.4) is 0 Å². The Morgan fingerprint density at radius 1 is 0.962 bits per heavy atom. The van der Waals surface area contributed by atoms with Crippen molar-refractivity contribution < 1.29 is 0 Å². The summed E-state index contributed by atoms with van der Waals surface area (Å²) >= 11 is 1.53. The Morgan fingerprint density at radius 3 is 2.46 bits per heavy atom. The first-order valence-electron chi connectivity index (χ1n) is 9.25. The summed E-state index contributed by atoms with van der Waals surface area (Å²) in [4.78, 5) is 15.7. The summed E-state index contributed by atoms with van der Waals surface area (Å²) in [7, 11) is 0. The number of rotatable bonds is 10. The number of anilines is 1. The molecule has 3 rings (SSSR count). The van der Waals surface area contributed by atoms with Crippen LogP contribution in [0.15, 0.2) is 48.1 Å². The van der Waals surface area contributed by atoms with Crippen molar-refractivity contribution in [3.63, 3.8) is 0 Å². The minimum atomic E-state index is 0.820. The quantitative estimate of drug-likeness (QED) is 0.500. The molecular weight excluding hydrogens is 340 g/mol. The molecule has 1 aromatic carbocycles. The van der Waals surface area contributed by atoms with Crippen LogP contribution in [0.25, 0.3) is 0 Å². The molecule has 5 heteroatoms. The summed E-state index contributed by atoms with van der Waals surface area (Å²) in [6.07, 6.45) is 9.15. The highest BCUT2D eigenvalue weighted by Crippen LogP contribution is 2.12. The Kier molecular flexibility index (Phi) is 7.14. The molecule has 3 aromatic rings. The van der Waals surface area contributed by atoms with Crippen molar-refractivity contribution in [2.45, 2.75) is 39.0 Å². The van der Waals surface area contributed by atoms with Gasteiger partial charge in [0.05, 0.1) is 5.69 Å².